The van der Waals surface area contributed by atoms with Gasteiger partial charge in [0.05, 0.1) is 18.5 Å². The van der Waals surface area contributed by atoms with Gasteiger partial charge in [0, 0.05) is 16.7 Å². The van der Waals surface area contributed by atoms with Crippen molar-refractivity contribution in [3.63, 3.8) is 0 Å². The van der Waals surface area contributed by atoms with Crippen molar-refractivity contribution >= 4 is 27.3 Å². The summed E-state index contributed by atoms with van der Waals surface area (Å²) in [5, 5.41) is 4.14. The molecule has 0 aliphatic heterocycles. The Morgan fingerprint density at radius 1 is 1.03 bits per heavy atom. The maximum Gasteiger partial charge on any atom is 0.271 e. The molecule has 0 atom stereocenters. The van der Waals surface area contributed by atoms with Crippen molar-refractivity contribution in [1.82, 2.24) is 5.43 Å². The van der Waals surface area contributed by atoms with Crippen molar-refractivity contribution in [2.45, 2.75) is 41.2 Å². The summed E-state index contributed by atoms with van der Waals surface area (Å²) in [7, 11) is -3.49. The number of benzene rings is 2. The average molecular weight is 416 g/mol. The molecule has 1 amide bonds. The molecule has 0 unspecified atom stereocenters. The second-order valence-electron chi connectivity index (χ2n) is 8.19. The molecular weight excluding hydrogens is 386 g/mol. The lowest BCUT2D eigenvalue weighted by molar-refractivity contribution is 0.0954. The van der Waals surface area contributed by atoms with Gasteiger partial charge < -0.3 is 0 Å². The molecule has 6 nitrogen and oxygen atoms in total. The zero-order valence-electron chi connectivity index (χ0n) is 17.9. The molecular formula is C22H29N3O3S. The Balaban J connectivity index is 2.20. The van der Waals surface area contributed by atoms with Gasteiger partial charge in [0.2, 0.25) is 10.0 Å². The van der Waals surface area contributed by atoms with Gasteiger partial charge in [-0.25, -0.2) is 13.8 Å². The largest absolute Gasteiger partial charge is 0.271 e. The molecule has 0 bridgehead atoms. The number of anilines is 1. The fraction of sp³-hybridized carbons (Fsp3) is 0.364. The van der Waals surface area contributed by atoms with Gasteiger partial charge in [-0.3, -0.25) is 9.10 Å². The summed E-state index contributed by atoms with van der Waals surface area (Å²) in [5.41, 5.74) is 6.12. The van der Waals surface area contributed by atoms with Gasteiger partial charge in [-0.05, 0) is 43.7 Å². The first-order valence-electron chi connectivity index (χ1n) is 9.36. The molecule has 0 radical (unpaired) electrons. The molecule has 0 saturated carbocycles. The van der Waals surface area contributed by atoms with E-state index in [-0.39, 0.29) is 17.9 Å². The van der Waals surface area contributed by atoms with Gasteiger partial charge in [-0.1, -0.05) is 50.6 Å². The van der Waals surface area contributed by atoms with Gasteiger partial charge >= 0.3 is 0 Å². The molecule has 2 aromatic carbocycles. The highest BCUT2D eigenvalue weighted by Crippen LogP contribution is 2.22. The van der Waals surface area contributed by atoms with Crippen LogP contribution >= 0.6 is 0 Å². The molecule has 2 rings (SSSR count). The van der Waals surface area contributed by atoms with Crippen LogP contribution < -0.4 is 9.73 Å². The number of nitrogens with zero attached hydrogens (tertiary/aromatic N) is 2. The standard InChI is InChI=1S/C22H29N3O3S/c1-16-7-9-18(10-8-16)15-25(29(6,27)28)20-13-11-19(12-14-20)21(26)24-23-17(2)22(3,4)5/h7-14H,15H2,1-6H3,(H,24,26)/b23-17-. The Hall–Kier alpha value is -2.67. The van der Waals surface area contributed by atoms with Crippen LogP contribution in [0.5, 0.6) is 0 Å². The minimum Gasteiger partial charge on any atom is -0.267 e. The first-order chi connectivity index (χ1) is 13.4. The number of carbonyl (C=O) groups excluding carboxylic acids is 1. The van der Waals surface area contributed by atoms with Crippen LogP contribution in [0.4, 0.5) is 5.69 Å². The third kappa shape index (κ3) is 6.42. The summed E-state index contributed by atoms with van der Waals surface area (Å²) < 4.78 is 26.0. The van der Waals surface area contributed by atoms with E-state index >= 15 is 0 Å². The van der Waals surface area contributed by atoms with Crippen molar-refractivity contribution in [2.75, 3.05) is 10.6 Å². The number of sulfonamides is 1. The zero-order valence-corrected chi connectivity index (χ0v) is 18.7. The fourth-order valence-electron chi connectivity index (χ4n) is 2.41. The predicted octanol–water partition coefficient (Wildman–Crippen LogP) is 4.11. The quantitative estimate of drug-likeness (QED) is 0.569. The van der Waals surface area contributed by atoms with Gasteiger partial charge in [0.1, 0.15) is 0 Å². The van der Waals surface area contributed by atoms with Gasteiger partial charge in [0.15, 0.2) is 0 Å². The molecule has 1 N–H and O–H groups in total. The summed E-state index contributed by atoms with van der Waals surface area (Å²) in [6.07, 6.45) is 1.17. The number of hydrogen-bond donors (Lipinski definition) is 1. The van der Waals surface area contributed by atoms with Crippen molar-refractivity contribution < 1.29 is 13.2 Å². The molecule has 0 heterocycles. The second kappa shape index (κ2) is 8.78. The minimum absolute atomic E-state index is 0.136. The summed E-state index contributed by atoms with van der Waals surface area (Å²) >= 11 is 0. The van der Waals surface area contributed by atoms with Crippen molar-refractivity contribution in [3.8, 4) is 0 Å². The van der Waals surface area contributed by atoms with Crippen LogP contribution in [-0.4, -0.2) is 26.3 Å². The third-order valence-corrected chi connectivity index (χ3v) is 5.82. The highest BCUT2D eigenvalue weighted by molar-refractivity contribution is 7.92. The Bertz CT molecular complexity index is 987. The number of hydrogen-bond acceptors (Lipinski definition) is 4. The molecule has 0 spiro atoms. The molecule has 156 valence electrons. The Morgan fingerprint density at radius 2 is 1.59 bits per heavy atom. The first kappa shape index (κ1) is 22.6. The maximum atomic E-state index is 12.3. The average Bonchev–Trinajstić information content (AvgIpc) is 2.63. The van der Waals surface area contributed by atoms with Crippen LogP contribution in [0.25, 0.3) is 0 Å². The van der Waals surface area contributed by atoms with Gasteiger partial charge in [-0.15, -0.1) is 0 Å². The fourth-order valence-corrected chi connectivity index (χ4v) is 3.29. The van der Waals surface area contributed by atoms with E-state index in [1.165, 1.54) is 10.6 Å². The lowest BCUT2D eigenvalue weighted by atomic mass is 9.91. The van der Waals surface area contributed by atoms with Crippen LogP contribution in [0, 0.1) is 12.3 Å². The number of rotatable bonds is 6. The molecule has 7 heteroatoms. The molecule has 29 heavy (non-hydrogen) atoms. The summed E-state index contributed by atoms with van der Waals surface area (Å²) in [6, 6.07) is 14.2. The first-order valence-corrected chi connectivity index (χ1v) is 11.2. The molecule has 0 aliphatic rings. The van der Waals surface area contributed by atoms with Gasteiger partial charge in [0.25, 0.3) is 5.91 Å². The van der Waals surface area contributed by atoms with Crippen molar-refractivity contribution in [1.29, 1.82) is 0 Å². The van der Waals surface area contributed by atoms with E-state index in [0.717, 1.165) is 16.8 Å². The predicted molar refractivity (Wildman–Crippen MR) is 119 cm³/mol. The van der Waals surface area contributed by atoms with Crippen molar-refractivity contribution in [2.24, 2.45) is 10.5 Å². The van der Waals surface area contributed by atoms with Crippen LogP contribution in [0.2, 0.25) is 0 Å². The molecule has 0 aromatic heterocycles. The lowest BCUT2D eigenvalue weighted by Crippen LogP contribution is -2.29. The normalized spacial score (nSPS) is 12.6. The van der Waals surface area contributed by atoms with Gasteiger partial charge in [-0.2, -0.15) is 5.10 Å². The van der Waals surface area contributed by atoms with Crippen LogP contribution in [0.1, 0.15) is 49.2 Å². The zero-order chi connectivity index (χ0) is 21.8. The van der Waals surface area contributed by atoms with E-state index in [4.69, 9.17) is 0 Å². The van der Waals surface area contributed by atoms with E-state index in [1.54, 1.807) is 24.3 Å². The van der Waals surface area contributed by atoms with E-state index < -0.39 is 10.0 Å². The van der Waals surface area contributed by atoms with E-state index in [1.807, 2.05) is 58.9 Å². The number of aryl methyl sites for hydroxylation is 1. The van der Waals surface area contributed by atoms with Crippen LogP contribution in [0.15, 0.2) is 53.6 Å². The number of nitrogens with one attached hydrogen (secondary N) is 1. The Labute approximate surface area is 173 Å². The molecule has 2 aromatic rings. The summed E-state index contributed by atoms with van der Waals surface area (Å²) in [5.74, 6) is -0.343. The van der Waals surface area contributed by atoms with Crippen LogP contribution in [0.3, 0.4) is 0 Å². The highest BCUT2D eigenvalue weighted by atomic mass is 32.2. The third-order valence-electron chi connectivity index (χ3n) is 4.68. The van der Waals surface area contributed by atoms with Crippen LogP contribution in [-0.2, 0) is 16.6 Å². The molecule has 0 fully saturated rings. The summed E-state index contributed by atoms with van der Waals surface area (Å²) in [4.78, 5) is 12.3. The van der Waals surface area contributed by atoms with E-state index in [0.29, 0.717) is 11.3 Å². The smallest absolute Gasteiger partial charge is 0.267 e. The molecule has 0 aliphatic carbocycles. The lowest BCUT2D eigenvalue weighted by Gasteiger charge is -2.23. The second-order valence-corrected chi connectivity index (χ2v) is 10.1. The Morgan fingerprint density at radius 3 is 2.07 bits per heavy atom. The number of hydrazone groups is 1. The maximum absolute atomic E-state index is 12.3. The Kier molecular flexibility index (Phi) is 6.85. The number of carbonyl (C=O) groups is 1. The molecule has 0 saturated heterocycles. The monoisotopic (exact) mass is 415 g/mol. The summed E-state index contributed by atoms with van der Waals surface area (Å²) in [6.45, 7) is 10.1. The number of amides is 1. The SMILES string of the molecule is C/C(=N/NC(=O)c1ccc(N(Cc2ccc(C)cc2)S(C)(=O)=O)cc1)C(C)(C)C. The van der Waals surface area contributed by atoms with E-state index in [2.05, 4.69) is 10.5 Å². The van der Waals surface area contributed by atoms with E-state index in [9.17, 15) is 13.2 Å². The topological polar surface area (TPSA) is 78.8 Å². The minimum atomic E-state index is -3.49. The van der Waals surface area contributed by atoms with Crippen molar-refractivity contribution in [3.05, 3.63) is 65.2 Å². The highest BCUT2D eigenvalue weighted by Gasteiger charge is 2.19.